The van der Waals surface area contributed by atoms with E-state index in [0.29, 0.717) is 6.54 Å². The SMILES string of the molecule is Cc1nccc(CN)n1.Cl. The highest BCUT2D eigenvalue weighted by atomic mass is 35.5. The molecule has 0 fully saturated rings. The topological polar surface area (TPSA) is 51.8 Å². The molecule has 4 heteroatoms. The molecule has 3 nitrogen and oxygen atoms in total. The van der Waals surface area contributed by atoms with Crippen LogP contribution in [0.15, 0.2) is 12.3 Å². The van der Waals surface area contributed by atoms with Crippen LogP contribution in [0.5, 0.6) is 0 Å². The zero-order chi connectivity index (χ0) is 6.69. The van der Waals surface area contributed by atoms with Gasteiger partial charge < -0.3 is 5.73 Å². The fraction of sp³-hybridized carbons (Fsp3) is 0.333. The molecule has 0 unspecified atom stereocenters. The van der Waals surface area contributed by atoms with Crippen LogP contribution in [0.1, 0.15) is 11.5 Å². The Kier molecular flexibility index (Phi) is 3.91. The van der Waals surface area contributed by atoms with Crippen molar-refractivity contribution >= 4 is 12.4 Å². The van der Waals surface area contributed by atoms with Crippen molar-refractivity contribution in [3.8, 4) is 0 Å². The summed E-state index contributed by atoms with van der Waals surface area (Å²) < 4.78 is 0. The van der Waals surface area contributed by atoms with Crippen LogP contribution in [0, 0.1) is 6.92 Å². The summed E-state index contributed by atoms with van der Waals surface area (Å²) in [5.41, 5.74) is 6.22. The Morgan fingerprint density at radius 1 is 1.60 bits per heavy atom. The van der Waals surface area contributed by atoms with E-state index < -0.39 is 0 Å². The first-order valence-corrected chi connectivity index (χ1v) is 2.81. The second-order valence-electron chi connectivity index (χ2n) is 1.80. The molecule has 0 saturated carbocycles. The van der Waals surface area contributed by atoms with Crippen molar-refractivity contribution in [2.75, 3.05) is 0 Å². The van der Waals surface area contributed by atoms with E-state index in [9.17, 15) is 0 Å². The summed E-state index contributed by atoms with van der Waals surface area (Å²) in [5.74, 6) is 0.776. The van der Waals surface area contributed by atoms with Crippen LogP contribution in [0.25, 0.3) is 0 Å². The van der Waals surface area contributed by atoms with Crippen LogP contribution < -0.4 is 5.73 Å². The maximum atomic E-state index is 5.33. The number of rotatable bonds is 1. The molecule has 56 valence electrons. The molecule has 0 saturated heterocycles. The van der Waals surface area contributed by atoms with E-state index in [1.165, 1.54) is 0 Å². The van der Waals surface area contributed by atoms with E-state index in [1.54, 1.807) is 6.20 Å². The zero-order valence-corrected chi connectivity index (χ0v) is 6.56. The van der Waals surface area contributed by atoms with Gasteiger partial charge in [-0.15, -0.1) is 12.4 Å². The number of aryl methyl sites for hydroxylation is 1. The van der Waals surface area contributed by atoms with Crippen molar-refractivity contribution in [2.45, 2.75) is 13.5 Å². The number of aromatic nitrogens is 2. The van der Waals surface area contributed by atoms with Crippen LogP contribution in [-0.2, 0) is 6.54 Å². The Morgan fingerprint density at radius 2 is 2.30 bits per heavy atom. The first kappa shape index (κ1) is 9.33. The van der Waals surface area contributed by atoms with Crippen LogP contribution >= 0.6 is 12.4 Å². The predicted molar refractivity (Wildman–Crippen MR) is 41.9 cm³/mol. The van der Waals surface area contributed by atoms with Gasteiger partial charge in [-0.3, -0.25) is 0 Å². The van der Waals surface area contributed by atoms with Gasteiger partial charge in [-0.1, -0.05) is 0 Å². The van der Waals surface area contributed by atoms with Crippen LogP contribution in [0.3, 0.4) is 0 Å². The fourth-order valence-corrected chi connectivity index (χ4v) is 0.619. The third-order valence-corrected chi connectivity index (χ3v) is 1.04. The van der Waals surface area contributed by atoms with E-state index >= 15 is 0 Å². The Balaban J connectivity index is 0.000000810. The highest BCUT2D eigenvalue weighted by Gasteiger charge is 1.88. The first-order valence-electron chi connectivity index (χ1n) is 2.81. The number of halogens is 1. The van der Waals surface area contributed by atoms with Gasteiger partial charge in [0.2, 0.25) is 0 Å². The fourth-order valence-electron chi connectivity index (χ4n) is 0.619. The third-order valence-electron chi connectivity index (χ3n) is 1.04. The summed E-state index contributed by atoms with van der Waals surface area (Å²) in [6, 6.07) is 1.81. The lowest BCUT2D eigenvalue weighted by molar-refractivity contribution is 0.926. The highest BCUT2D eigenvalue weighted by molar-refractivity contribution is 5.85. The molecule has 1 aromatic rings. The summed E-state index contributed by atoms with van der Waals surface area (Å²) in [7, 11) is 0. The van der Waals surface area contributed by atoms with E-state index in [0.717, 1.165) is 11.5 Å². The second-order valence-corrected chi connectivity index (χ2v) is 1.80. The van der Waals surface area contributed by atoms with Gasteiger partial charge in [0.15, 0.2) is 0 Å². The minimum absolute atomic E-state index is 0. The Hall–Kier alpha value is -0.670. The largest absolute Gasteiger partial charge is 0.325 e. The van der Waals surface area contributed by atoms with Gasteiger partial charge in [-0.25, -0.2) is 9.97 Å². The maximum absolute atomic E-state index is 5.33. The standard InChI is InChI=1S/C6H9N3.ClH/c1-5-8-3-2-6(4-7)9-5;/h2-3H,4,7H2,1H3;1H. The number of hydrogen-bond donors (Lipinski definition) is 1. The van der Waals surface area contributed by atoms with Gasteiger partial charge in [0.1, 0.15) is 5.82 Å². The summed E-state index contributed by atoms with van der Waals surface area (Å²) in [6.45, 7) is 2.34. The van der Waals surface area contributed by atoms with Gasteiger partial charge in [0.25, 0.3) is 0 Å². The molecule has 1 heterocycles. The predicted octanol–water partition coefficient (Wildman–Crippen LogP) is 0.666. The third kappa shape index (κ3) is 2.29. The van der Waals surface area contributed by atoms with Gasteiger partial charge in [-0.2, -0.15) is 0 Å². The van der Waals surface area contributed by atoms with Crippen molar-refractivity contribution in [1.82, 2.24) is 9.97 Å². The zero-order valence-electron chi connectivity index (χ0n) is 5.74. The Morgan fingerprint density at radius 3 is 2.70 bits per heavy atom. The first-order chi connectivity index (χ1) is 4.33. The molecule has 1 aromatic heterocycles. The summed E-state index contributed by atoms with van der Waals surface area (Å²) in [4.78, 5) is 7.98. The van der Waals surface area contributed by atoms with Crippen LogP contribution in [-0.4, -0.2) is 9.97 Å². The summed E-state index contributed by atoms with van der Waals surface area (Å²) >= 11 is 0. The van der Waals surface area contributed by atoms with E-state index in [2.05, 4.69) is 9.97 Å². The smallest absolute Gasteiger partial charge is 0.125 e. The average molecular weight is 160 g/mol. The van der Waals surface area contributed by atoms with Crippen LogP contribution in [0.2, 0.25) is 0 Å². The van der Waals surface area contributed by atoms with Gasteiger partial charge in [0.05, 0.1) is 5.69 Å². The minimum atomic E-state index is 0. The number of nitrogens with two attached hydrogens (primary N) is 1. The average Bonchev–Trinajstić information content (AvgIpc) is 1.88. The number of hydrogen-bond acceptors (Lipinski definition) is 3. The van der Waals surface area contributed by atoms with E-state index in [4.69, 9.17) is 5.73 Å². The normalized spacial score (nSPS) is 8.60. The molecule has 0 atom stereocenters. The molecular weight excluding hydrogens is 150 g/mol. The molecule has 2 N–H and O–H groups in total. The Bertz CT molecular complexity index is 202. The van der Waals surface area contributed by atoms with Crippen LogP contribution in [0.4, 0.5) is 0 Å². The minimum Gasteiger partial charge on any atom is -0.325 e. The Labute approximate surface area is 66.1 Å². The molecule has 1 rings (SSSR count). The number of nitrogens with zero attached hydrogens (tertiary/aromatic N) is 2. The molecule has 0 aliphatic rings. The maximum Gasteiger partial charge on any atom is 0.125 e. The molecular formula is C6H10ClN3. The van der Waals surface area contributed by atoms with Crippen molar-refractivity contribution in [3.05, 3.63) is 23.8 Å². The molecule has 10 heavy (non-hydrogen) atoms. The van der Waals surface area contributed by atoms with Gasteiger partial charge in [-0.05, 0) is 13.0 Å². The van der Waals surface area contributed by atoms with E-state index in [-0.39, 0.29) is 12.4 Å². The molecule has 0 spiro atoms. The van der Waals surface area contributed by atoms with Gasteiger partial charge >= 0.3 is 0 Å². The second kappa shape index (κ2) is 4.19. The molecule has 0 aromatic carbocycles. The summed E-state index contributed by atoms with van der Waals surface area (Å²) in [5, 5.41) is 0. The van der Waals surface area contributed by atoms with Crippen molar-refractivity contribution in [2.24, 2.45) is 5.73 Å². The molecule has 0 radical (unpaired) electrons. The monoisotopic (exact) mass is 159 g/mol. The molecule has 0 amide bonds. The molecule has 0 aliphatic heterocycles. The quantitative estimate of drug-likeness (QED) is 0.655. The molecule has 0 bridgehead atoms. The van der Waals surface area contributed by atoms with E-state index in [1.807, 2.05) is 13.0 Å². The molecule has 0 aliphatic carbocycles. The highest BCUT2D eigenvalue weighted by Crippen LogP contribution is 1.90. The lowest BCUT2D eigenvalue weighted by atomic mass is 10.4. The van der Waals surface area contributed by atoms with Gasteiger partial charge in [0, 0.05) is 12.7 Å². The van der Waals surface area contributed by atoms with Crippen molar-refractivity contribution < 1.29 is 0 Å². The lowest BCUT2D eigenvalue weighted by Gasteiger charge is -1.93. The van der Waals surface area contributed by atoms with Crippen molar-refractivity contribution in [1.29, 1.82) is 0 Å². The summed E-state index contributed by atoms with van der Waals surface area (Å²) in [6.07, 6.45) is 1.71. The van der Waals surface area contributed by atoms with Crippen molar-refractivity contribution in [3.63, 3.8) is 0 Å². The lowest BCUT2D eigenvalue weighted by Crippen LogP contribution is -2.00.